The van der Waals surface area contributed by atoms with Crippen LogP contribution in [0.15, 0.2) is 67.5 Å². The highest BCUT2D eigenvalue weighted by Crippen LogP contribution is 2.37. The van der Waals surface area contributed by atoms with Crippen LogP contribution in [0.2, 0.25) is 0 Å². The van der Waals surface area contributed by atoms with E-state index in [1.54, 1.807) is 12.4 Å². The lowest BCUT2D eigenvalue weighted by molar-refractivity contribution is -0.642. The van der Waals surface area contributed by atoms with Gasteiger partial charge in [0.25, 0.3) is 0 Å². The van der Waals surface area contributed by atoms with Crippen LogP contribution in [0, 0.1) is 0 Å². The standard InChI is InChI=1S/C20H18N8/c21-20-22-11-16(12-23-20)14-6-8-27(9-7-14)26-17-3-1-2-15(10-17)19-25-24-13-28(19)18-4-5-18/h1-3,6-13,18,21,26H,4-5H2/p+1. The number of nitrogens with one attached hydrogen (secondary N) is 1. The average Bonchev–Trinajstić information content (AvgIpc) is 3.46. The van der Waals surface area contributed by atoms with Crippen molar-refractivity contribution in [2.24, 2.45) is 0 Å². The normalized spacial score (nSPS) is 13.4. The highest BCUT2D eigenvalue weighted by molar-refractivity contribution is 5.62. The summed E-state index contributed by atoms with van der Waals surface area (Å²) in [5, 5.41) is 8.39. The van der Waals surface area contributed by atoms with E-state index in [2.05, 4.69) is 42.3 Å². The van der Waals surface area contributed by atoms with Crippen LogP contribution < -0.4 is 15.8 Å². The van der Waals surface area contributed by atoms with Gasteiger partial charge in [0, 0.05) is 41.7 Å². The van der Waals surface area contributed by atoms with Crippen molar-refractivity contribution in [3.05, 3.63) is 67.5 Å². The van der Waals surface area contributed by atoms with Crippen molar-refractivity contribution in [1.29, 1.82) is 0 Å². The molecule has 3 N–H and O–H groups in total. The van der Waals surface area contributed by atoms with E-state index in [1.807, 2.05) is 47.7 Å². The van der Waals surface area contributed by atoms with Crippen LogP contribution >= 0.6 is 0 Å². The van der Waals surface area contributed by atoms with Crippen LogP contribution in [0.25, 0.3) is 22.5 Å². The van der Waals surface area contributed by atoms with E-state index in [-0.39, 0.29) is 5.95 Å². The van der Waals surface area contributed by atoms with Gasteiger partial charge in [-0.2, -0.15) is 5.43 Å². The number of nitrogens with zero attached hydrogens (tertiary/aromatic N) is 6. The molecule has 138 valence electrons. The molecule has 8 nitrogen and oxygen atoms in total. The molecule has 1 fully saturated rings. The first kappa shape index (κ1) is 16.4. The Balaban J connectivity index is 1.36. The summed E-state index contributed by atoms with van der Waals surface area (Å²) < 4.78 is 4.06. The highest BCUT2D eigenvalue weighted by Gasteiger charge is 2.26. The van der Waals surface area contributed by atoms with Gasteiger partial charge >= 0.3 is 0 Å². The molecule has 0 aliphatic heterocycles. The minimum absolute atomic E-state index is 0.272. The molecule has 0 spiro atoms. The number of hydrogen-bond donors (Lipinski definition) is 2. The molecule has 1 aromatic carbocycles. The zero-order chi connectivity index (χ0) is 18.9. The molecule has 1 aliphatic carbocycles. The summed E-state index contributed by atoms with van der Waals surface area (Å²) in [6.45, 7) is 0. The first-order valence-electron chi connectivity index (χ1n) is 9.12. The van der Waals surface area contributed by atoms with Gasteiger partial charge in [-0.05, 0) is 30.5 Å². The summed E-state index contributed by atoms with van der Waals surface area (Å²) in [6, 6.07) is 12.7. The van der Waals surface area contributed by atoms with Gasteiger partial charge in [0.15, 0.2) is 18.2 Å². The van der Waals surface area contributed by atoms with Crippen molar-refractivity contribution in [3.63, 3.8) is 0 Å². The lowest BCUT2D eigenvalue weighted by Crippen LogP contribution is -2.41. The quantitative estimate of drug-likeness (QED) is 0.523. The Morgan fingerprint density at radius 3 is 2.54 bits per heavy atom. The molecule has 1 saturated carbocycles. The van der Waals surface area contributed by atoms with Gasteiger partial charge in [-0.15, -0.1) is 10.2 Å². The van der Waals surface area contributed by atoms with E-state index in [0.29, 0.717) is 6.04 Å². The Morgan fingerprint density at radius 1 is 1.00 bits per heavy atom. The second-order valence-electron chi connectivity index (χ2n) is 6.81. The van der Waals surface area contributed by atoms with E-state index in [4.69, 9.17) is 5.73 Å². The number of nitrogens with two attached hydrogens (primary N) is 1. The van der Waals surface area contributed by atoms with Crippen LogP contribution in [0.1, 0.15) is 18.9 Å². The maximum Gasteiger partial charge on any atom is 0.219 e. The lowest BCUT2D eigenvalue weighted by Gasteiger charge is -2.07. The average molecular weight is 371 g/mol. The fourth-order valence-electron chi connectivity index (χ4n) is 3.13. The van der Waals surface area contributed by atoms with Crippen molar-refractivity contribution in [2.45, 2.75) is 18.9 Å². The van der Waals surface area contributed by atoms with Crippen molar-refractivity contribution in [2.75, 3.05) is 11.2 Å². The molecule has 5 rings (SSSR count). The molecule has 28 heavy (non-hydrogen) atoms. The number of pyridine rings is 1. The summed E-state index contributed by atoms with van der Waals surface area (Å²) in [5.74, 6) is 1.18. The predicted molar refractivity (Wildman–Crippen MR) is 105 cm³/mol. The maximum absolute atomic E-state index is 5.55. The first-order valence-corrected chi connectivity index (χ1v) is 9.12. The Morgan fingerprint density at radius 2 is 1.79 bits per heavy atom. The summed E-state index contributed by atoms with van der Waals surface area (Å²) in [4.78, 5) is 8.07. The van der Waals surface area contributed by atoms with Gasteiger partial charge in [0.2, 0.25) is 5.95 Å². The molecule has 3 aromatic heterocycles. The largest absolute Gasteiger partial charge is 0.368 e. The number of hydrogen-bond acceptors (Lipinski definition) is 6. The topological polar surface area (TPSA) is 98.4 Å². The molecular weight excluding hydrogens is 352 g/mol. The maximum atomic E-state index is 5.55. The number of nitrogen functional groups attached to an aromatic ring is 1. The van der Waals surface area contributed by atoms with Crippen LogP contribution in [-0.2, 0) is 0 Å². The van der Waals surface area contributed by atoms with E-state index >= 15 is 0 Å². The van der Waals surface area contributed by atoms with Crippen molar-refractivity contribution < 1.29 is 4.68 Å². The van der Waals surface area contributed by atoms with Gasteiger partial charge in [-0.3, -0.25) is 0 Å². The fraction of sp³-hybridized carbons (Fsp3) is 0.150. The van der Waals surface area contributed by atoms with Crippen LogP contribution in [0.4, 0.5) is 11.6 Å². The number of aromatic nitrogens is 6. The molecule has 0 saturated heterocycles. The van der Waals surface area contributed by atoms with Gasteiger partial charge in [0.05, 0.1) is 5.69 Å². The monoisotopic (exact) mass is 371 g/mol. The molecule has 0 radical (unpaired) electrons. The number of anilines is 2. The number of rotatable bonds is 5. The summed E-state index contributed by atoms with van der Waals surface area (Å²) in [5.41, 5.74) is 12.9. The van der Waals surface area contributed by atoms with E-state index in [0.717, 1.165) is 28.2 Å². The lowest BCUT2D eigenvalue weighted by atomic mass is 10.1. The van der Waals surface area contributed by atoms with Gasteiger partial charge in [-0.25, -0.2) is 9.97 Å². The molecule has 0 bridgehead atoms. The van der Waals surface area contributed by atoms with Gasteiger partial charge in [-0.1, -0.05) is 16.8 Å². The van der Waals surface area contributed by atoms with E-state index < -0.39 is 0 Å². The van der Waals surface area contributed by atoms with Crippen LogP contribution in [0.3, 0.4) is 0 Å². The highest BCUT2D eigenvalue weighted by atomic mass is 15.4. The summed E-state index contributed by atoms with van der Waals surface area (Å²) in [7, 11) is 0. The third-order valence-corrected chi connectivity index (χ3v) is 4.73. The molecule has 3 heterocycles. The minimum Gasteiger partial charge on any atom is -0.368 e. The summed E-state index contributed by atoms with van der Waals surface area (Å²) in [6.07, 6.45) is 11.6. The third kappa shape index (κ3) is 3.27. The Hall–Kier alpha value is -3.81. The van der Waals surface area contributed by atoms with Gasteiger partial charge < -0.3 is 10.3 Å². The van der Waals surface area contributed by atoms with Crippen molar-refractivity contribution in [3.8, 4) is 22.5 Å². The molecule has 4 aromatic rings. The van der Waals surface area contributed by atoms with E-state index in [9.17, 15) is 0 Å². The number of benzene rings is 1. The third-order valence-electron chi connectivity index (χ3n) is 4.73. The molecular formula is C20H19N8+. The SMILES string of the molecule is Nc1ncc(-c2cc[n+](Nc3cccc(-c4nncn4C4CC4)c3)cc2)cn1. The second-order valence-corrected chi connectivity index (χ2v) is 6.81. The first-order chi connectivity index (χ1) is 13.8. The van der Waals surface area contributed by atoms with E-state index in [1.165, 1.54) is 12.8 Å². The zero-order valence-corrected chi connectivity index (χ0v) is 15.1. The van der Waals surface area contributed by atoms with Crippen LogP contribution in [0.5, 0.6) is 0 Å². The Bertz CT molecular complexity index is 1100. The summed E-state index contributed by atoms with van der Waals surface area (Å²) >= 11 is 0. The second kappa shape index (κ2) is 6.73. The molecule has 1 aliphatic rings. The molecule has 0 unspecified atom stereocenters. The smallest absolute Gasteiger partial charge is 0.219 e. The van der Waals surface area contributed by atoms with Crippen molar-refractivity contribution in [1.82, 2.24) is 24.7 Å². The van der Waals surface area contributed by atoms with Crippen LogP contribution in [-0.4, -0.2) is 24.7 Å². The van der Waals surface area contributed by atoms with Gasteiger partial charge in [0.1, 0.15) is 6.33 Å². The Kier molecular flexibility index (Phi) is 3.93. The zero-order valence-electron chi connectivity index (χ0n) is 15.1. The minimum atomic E-state index is 0.272. The molecule has 0 amide bonds. The predicted octanol–water partition coefficient (Wildman–Crippen LogP) is 2.48. The fourth-order valence-corrected chi connectivity index (χ4v) is 3.13. The van der Waals surface area contributed by atoms with Crippen molar-refractivity contribution >= 4 is 11.6 Å². The molecule has 0 atom stereocenters. The Labute approximate surface area is 161 Å². The molecule has 8 heteroatoms.